The van der Waals surface area contributed by atoms with E-state index in [0.717, 1.165) is 55.5 Å². The third-order valence-corrected chi connectivity index (χ3v) is 7.02. The largest absolute Gasteiger partial charge is 0.486 e. The number of H-pyrrole nitrogens is 1. The van der Waals surface area contributed by atoms with Crippen LogP contribution >= 0.6 is 0 Å². The van der Waals surface area contributed by atoms with E-state index in [1.165, 1.54) is 19.3 Å². The highest BCUT2D eigenvalue weighted by Crippen LogP contribution is 2.37. The molecular formula is C23H28N6O3. The topological polar surface area (TPSA) is 98.2 Å². The number of fused-ring (bicyclic) bond motifs is 2. The van der Waals surface area contributed by atoms with Crippen molar-refractivity contribution in [3.63, 3.8) is 0 Å². The van der Waals surface area contributed by atoms with E-state index in [1.54, 1.807) is 0 Å². The molecule has 0 amide bonds. The van der Waals surface area contributed by atoms with Crippen LogP contribution in [0.3, 0.4) is 0 Å². The van der Waals surface area contributed by atoms with E-state index in [4.69, 9.17) is 9.47 Å². The fourth-order valence-corrected chi connectivity index (χ4v) is 5.43. The highest BCUT2D eigenvalue weighted by molar-refractivity contribution is 5.83. The Bertz CT molecular complexity index is 1180. The summed E-state index contributed by atoms with van der Waals surface area (Å²) in [5.41, 5.74) is 1.33. The smallest absolute Gasteiger partial charge is 0.253 e. The fraction of sp³-hybridized carbons (Fsp3) is 0.565. The van der Waals surface area contributed by atoms with Crippen LogP contribution < -0.4 is 15.0 Å². The van der Waals surface area contributed by atoms with Gasteiger partial charge in [-0.05, 0) is 61.3 Å². The van der Waals surface area contributed by atoms with Crippen LogP contribution in [0.2, 0.25) is 0 Å². The third-order valence-electron chi connectivity index (χ3n) is 7.02. The summed E-state index contributed by atoms with van der Waals surface area (Å²) in [6.45, 7) is 2.91. The number of nitrogens with zero attached hydrogens (tertiary/aromatic N) is 5. The van der Waals surface area contributed by atoms with Gasteiger partial charge in [-0.2, -0.15) is 0 Å². The molecule has 9 heteroatoms. The van der Waals surface area contributed by atoms with Gasteiger partial charge in [-0.15, -0.1) is 5.10 Å². The van der Waals surface area contributed by atoms with Crippen molar-refractivity contribution in [2.45, 2.75) is 57.0 Å². The summed E-state index contributed by atoms with van der Waals surface area (Å²) in [6, 6.07) is 5.83. The number of benzene rings is 1. The second-order valence-corrected chi connectivity index (χ2v) is 9.06. The molecule has 2 aromatic heterocycles. The quantitative estimate of drug-likeness (QED) is 0.671. The van der Waals surface area contributed by atoms with Crippen molar-refractivity contribution in [1.82, 2.24) is 30.1 Å². The first kappa shape index (κ1) is 19.7. The molecule has 2 fully saturated rings. The van der Waals surface area contributed by atoms with E-state index < -0.39 is 0 Å². The zero-order valence-corrected chi connectivity index (χ0v) is 18.1. The summed E-state index contributed by atoms with van der Waals surface area (Å²) in [7, 11) is 0. The predicted octanol–water partition coefficient (Wildman–Crippen LogP) is 2.98. The first-order valence-corrected chi connectivity index (χ1v) is 11.8. The molecular weight excluding hydrogens is 408 g/mol. The molecule has 3 aromatic rings. The van der Waals surface area contributed by atoms with Gasteiger partial charge >= 0.3 is 0 Å². The molecule has 0 spiro atoms. The minimum Gasteiger partial charge on any atom is -0.486 e. The SMILES string of the molecule is O=c1[nH]c2cc3c(cc2cc1[C@@H](c1nnnn1C1CCCC1)N1CCCCC1)OCCO3. The van der Waals surface area contributed by atoms with E-state index in [1.807, 2.05) is 22.9 Å². The molecule has 4 heterocycles. The van der Waals surface area contributed by atoms with Crippen molar-refractivity contribution in [2.24, 2.45) is 0 Å². The molecule has 9 nitrogen and oxygen atoms in total. The van der Waals surface area contributed by atoms with Crippen LogP contribution in [0.5, 0.6) is 11.5 Å². The first-order chi connectivity index (χ1) is 15.8. The summed E-state index contributed by atoms with van der Waals surface area (Å²) >= 11 is 0. The van der Waals surface area contributed by atoms with E-state index in [9.17, 15) is 4.79 Å². The number of piperidine rings is 1. The Morgan fingerprint density at radius 1 is 0.969 bits per heavy atom. The number of aromatic amines is 1. The van der Waals surface area contributed by atoms with E-state index in [-0.39, 0.29) is 11.6 Å². The van der Waals surface area contributed by atoms with Crippen LogP contribution in [-0.4, -0.2) is 56.4 Å². The molecule has 1 saturated carbocycles. The Morgan fingerprint density at radius 3 is 2.50 bits per heavy atom. The average molecular weight is 437 g/mol. The number of aromatic nitrogens is 5. The van der Waals surface area contributed by atoms with Crippen LogP contribution in [-0.2, 0) is 0 Å². The summed E-state index contributed by atoms with van der Waals surface area (Å²) in [5.74, 6) is 2.16. The minimum atomic E-state index is -0.271. The number of likely N-dealkylation sites (tertiary alicyclic amines) is 1. The third kappa shape index (κ3) is 3.44. The number of pyridine rings is 1. The Labute approximate surface area is 185 Å². The summed E-state index contributed by atoms with van der Waals surface area (Å²) in [6.07, 6.45) is 8.01. The van der Waals surface area contributed by atoms with Crippen molar-refractivity contribution < 1.29 is 9.47 Å². The van der Waals surface area contributed by atoms with Crippen LogP contribution in [0, 0.1) is 0 Å². The number of rotatable bonds is 4. The summed E-state index contributed by atoms with van der Waals surface area (Å²) in [5, 5.41) is 13.8. The lowest BCUT2D eigenvalue weighted by molar-refractivity contribution is 0.172. The molecule has 1 aliphatic carbocycles. The summed E-state index contributed by atoms with van der Waals surface area (Å²) < 4.78 is 13.5. The molecule has 2 aliphatic heterocycles. The van der Waals surface area contributed by atoms with Gasteiger partial charge < -0.3 is 14.5 Å². The highest BCUT2D eigenvalue weighted by Gasteiger charge is 2.33. The van der Waals surface area contributed by atoms with Crippen molar-refractivity contribution in [3.05, 3.63) is 39.9 Å². The number of tetrazole rings is 1. The van der Waals surface area contributed by atoms with Gasteiger partial charge in [0.05, 0.1) is 11.6 Å². The number of nitrogens with one attached hydrogen (secondary N) is 1. The second-order valence-electron chi connectivity index (χ2n) is 9.06. The summed E-state index contributed by atoms with van der Waals surface area (Å²) in [4.78, 5) is 18.8. The Morgan fingerprint density at radius 2 is 1.72 bits per heavy atom. The zero-order chi connectivity index (χ0) is 21.5. The second kappa shape index (κ2) is 8.20. The van der Waals surface area contributed by atoms with Crippen molar-refractivity contribution in [3.8, 4) is 11.5 Å². The fourth-order valence-electron chi connectivity index (χ4n) is 5.43. The van der Waals surface area contributed by atoms with Gasteiger partial charge in [-0.1, -0.05) is 19.3 Å². The average Bonchev–Trinajstić information content (AvgIpc) is 3.51. The molecule has 1 saturated heterocycles. The molecule has 0 radical (unpaired) electrons. The molecule has 32 heavy (non-hydrogen) atoms. The van der Waals surface area contributed by atoms with Gasteiger partial charge in [0.2, 0.25) is 0 Å². The lowest BCUT2D eigenvalue weighted by Crippen LogP contribution is -2.38. The monoisotopic (exact) mass is 436 g/mol. The molecule has 3 aliphatic rings. The minimum absolute atomic E-state index is 0.106. The van der Waals surface area contributed by atoms with Gasteiger partial charge in [0, 0.05) is 17.0 Å². The Kier molecular flexibility index (Phi) is 5.05. The zero-order valence-electron chi connectivity index (χ0n) is 18.1. The molecule has 1 N–H and O–H groups in total. The molecule has 1 aromatic carbocycles. The first-order valence-electron chi connectivity index (χ1n) is 11.8. The molecule has 1 atom stereocenters. The van der Waals surface area contributed by atoms with Crippen LogP contribution in [0.25, 0.3) is 10.9 Å². The lowest BCUT2D eigenvalue weighted by Gasteiger charge is -2.34. The standard InChI is InChI=1S/C23H28N6O3/c30-23-17(12-15-13-19-20(14-18(15)24-23)32-11-10-31-19)21(28-8-4-1-5-9-28)22-25-26-27-29(22)16-6-2-3-7-16/h12-14,16,21H,1-11H2,(H,24,30)/t21-/m0/s1. The highest BCUT2D eigenvalue weighted by atomic mass is 16.6. The molecule has 0 bridgehead atoms. The van der Waals surface area contributed by atoms with Gasteiger partial charge in [0.1, 0.15) is 19.3 Å². The number of ether oxygens (including phenoxy) is 2. The van der Waals surface area contributed by atoms with Gasteiger partial charge in [-0.25, -0.2) is 4.68 Å². The van der Waals surface area contributed by atoms with Crippen molar-refractivity contribution >= 4 is 10.9 Å². The van der Waals surface area contributed by atoms with E-state index in [0.29, 0.717) is 36.3 Å². The lowest BCUT2D eigenvalue weighted by atomic mass is 10.00. The number of hydrogen-bond donors (Lipinski definition) is 1. The van der Waals surface area contributed by atoms with Crippen LogP contribution in [0.1, 0.15) is 68.4 Å². The Balaban J connectivity index is 1.49. The van der Waals surface area contributed by atoms with E-state index in [2.05, 4.69) is 25.4 Å². The van der Waals surface area contributed by atoms with Gasteiger partial charge in [0.15, 0.2) is 17.3 Å². The van der Waals surface area contributed by atoms with Crippen LogP contribution in [0.15, 0.2) is 23.0 Å². The van der Waals surface area contributed by atoms with Gasteiger partial charge in [0.25, 0.3) is 5.56 Å². The maximum atomic E-state index is 13.4. The van der Waals surface area contributed by atoms with Crippen molar-refractivity contribution in [2.75, 3.05) is 26.3 Å². The molecule has 6 rings (SSSR count). The maximum absolute atomic E-state index is 13.4. The van der Waals surface area contributed by atoms with Crippen molar-refractivity contribution in [1.29, 1.82) is 0 Å². The Hall–Kier alpha value is -2.94. The molecule has 168 valence electrons. The predicted molar refractivity (Wildman–Crippen MR) is 118 cm³/mol. The maximum Gasteiger partial charge on any atom is 0.253 e. The van der Waals surface area contributed by atoms with E-state index >= 15 is 0 Å². The van der Waals surface area contributed by atoms with Gasteiger partial charge in [-0.3, -0.25) is 9.69 Å². The normalized spacial score (nSPS) is 20.6. The molecule has 0 unspecified atom stereocenters. The number of hydrogen-bond acceptors (Lipinski definition) is 7. The van der Waals surface area contributed by atoms with Crippen LogP contribution in [0.4, 0.5) is 0 Å².